The van der Waals surface area contributed by atoms with E-state index in [-0.39, 0.29) is 23.8 Å². The molecule has 0 aliphatic rings. The first kappa shape index (κ1) is 23.0. The Labute approximate surface area is 179 Å². The number of halogens is 1. The molecule has 4 nitrogen and oxygen atoms in total. The molecule has 0 aliphatic carbocycles. The maximum Gasteiger partial charge on any atom is 0.243 e. The van der Waals surface area contributed by atoms with E-state index in [0.29, 0.717) is 24.4 Å². The van der Waals surface area contributed by atoms with Crippen LogP contribution in [-0.2, 0) is 22.4 Å². The molecule has 29 heavy (non-hydrogen) atoms. The van der Waals surface area contributed by atoms with Gasteiger partial charge in [0.05, 0.1) is 6.42 Å². The van der Waals surface area contributed by atoms with Crippen LogP contribution in [0.15, 0.2) is 54.6 Å². The highest BCUT2D eigenvalue weighted by Crippen LogP contribution is 2.18. The van der Waals surface area contributed by atoms with E-state index in [0.717, 1.165) is 11.1 Å². The molecule has 2 aromatic rings. The average Bonchev–Trinajstić information content (AvgIpc) is 2.66. The summed E-state index contributed by atoms with van der Waals surface area (Å²) in [5.41, 5.74) is 1.55. The molecule has 1 N–H and O–H groups in total. The minimum absolute atomic E-state index is 0.0926. The van der Waals surface area contributed by atoms with E-state index in [4.69, 9.17) is 11.6 Å². The predicted molar refractivity (Wildman–Crippen MR) is 119 cm³/mol. The van der Waals surface area contributed by atoms with Gasteiger partial charge in [-0.2, -0.15) is 0 Å². The van der Waals surface area contributed by atoms with Gasteiger partial charge in [0.2, 0.25) is 11.8 Å². The van der Waals surface area contributed by atoms with E-state index in [1.807, 2.05) is 76.2 Å². The molecule has 0 saturated heterocycles. The third-order valence-corrected chi connectivity index (χ3v) is 5.04. The van der Waals surface area contributed by atoms with Crippen LogP contribution in [0.3, 0.4) is 0 Å². The molecule has 0 aliphatic heterocycles. The van der Waals surface area contributed by atoms with Gasteiger partial charge in [-0.05, 0) is 50.8 Å². The SMILES string of the molecule is CC[C@@H](C(=O)NC(C)(C)C)N(CCc1ccccc1)C(=O)Cc1ccccc1Cl. The lowest BCUT2D eigenvalue weighted by Crippen LogP contribution is -2.54. The van der Waals surface area contributed by atoms with E-state index in [1.54, 1.807) is 11.0 Å². The van der Waals surface area contributed by atoms with Crippen LogP contribution in [0.25, 0.3) is 0 Å². The van der Waals surface area contributed by atoms with Crippen LogP contribution in [0.2, 0.25) is 5.02 Å². The van der Waals surface area contributed by atoms with Gasteiger partial charge < -0.3 is 10.2 Å². The summed E-state index contributed by atoms with van der Waals surface area (Å²) in [6, 6.07) is 16.8. The standard InChI is InChI=1S/C24H31ClN2O2/c1-5-21(23(29)26-24(2,3)4)27(16-15-18-11-7-6-8-12-18)22(28)17-19-13-9-10-14-20(19)25/h6-14,21H,5,15-17H2,1-4H3,(H,26,29)/t21-/m0/s1. The molecular formula is C24H31ClN2O2. The Morgan fingerprint density at radius 3 is 2.24 bits per heavy atom. The zero-order chi connectivity index (χ0) is 21.4. The van der Waals surface area contributed by atoms with Crippen molar-refractivity contribution >= 4 is 23.4 Å². The highest BCUT2D eigenvalue weighted by atomic mass is 35.5. The van der Waals surface area contributed by atoms with Crippen LogP contribution in [0.4, 0.5) is 0 Å². The van der Waals surface area contributed by atoms with Crippen molar-refractivity contribution in [3.63, 3.8) is 0 Å². The molecule has 2 rings (SSSR count). The summed E-state index contributed by atoms with van der Waals surface area (Å²) in [7, 11) is 0. The number of nitrogens with zero attached hydrogens (tertiary/aromatic N) is 1. The minimum atomic E-state index is -0.520. The second kappa shape index (κ2) is 10.4. The molecule has 0 spiro atoms. The third kappa shape index (κ3) is 7.21. The lowest BCUT2D eigenvalue weighted by molar-refractivity contribution is -0.140. The third-order valence-electron chi connectivity index (χ3n) is 4.67. The number of amides is 2. The summed E-state index contributed by atoms with van der Waals surface area (Å²) < 4.78 is 0. The molecule has 0 unspecified atom stereocenters. The van der Waals surface area contributed by atoms with Gasteiger partial charge in [0.15, 0.2) is 0 Å². The Kier molecular flexibility index (Phi) is 8.27. The van der Waals surface area contributed by atoms with Gasteiger partial charge in [0.1, 0.15) is 6.04 Å². The van der Waals surface area contributed by atoms with Crippen molar-refractivity contribution in [2.75, 3.05) is 6.54 Å². The van der Waals surface area contributed by atoms with Gasteiger partial charge in [0.25, 0.3) is 0 Å². The Hall–Kier alpha value is -2.33. The molecule has 2 amide bonds. The second-order valence-electron chi connectivity index (χ2n) is 8.25. The van der Waals surface area contributed by atoms with E-state index >= 15 is 0 Å². The van der Waals surface area contributed by atoms with Crippen LogP contribution in [-0.4, -0.2) is 34.8 Å². The lowest BCUT2D eigenvalue weighted by Gasteiger charge is -2.33. The molecule has 0 heterocycles. The molecule has 156 valence electrons. The Balaban J connectivity index is 2.24. The molecule has 1 atom stereocenters. The first-order valence-electron chi connectivity index (χ1n) is 10.1. The average molecular weight is 415 g/mol. The van der Waals surface area contributed by atoms with Crippen LogP contribution in [0.1, 0.15) is 45.2 Å². The van der Waals surface area contributed by atoms with Gasteiger partial charge in [-0.25, -0.2) is 0 Å². The number of carbonyl (C=O) groups is 2. The molecule has 5 heteroatoms. The molecule has 0 saturated carbocycles. The fourth-order valence-corrected chi connectivity index (χ4v) is 3.46. The molecule has 0 bridgehead atoms. The minimum Gasteiger partial charge on any atom is -0.350 e. The highest BCUT2D eigenvalue weighted by Gasteiger charge is 2.30. The van der Waals surface area contributed by atoms with Crippen molar-refractivity contribution < 1.29 is 9.59 Å². The summed E-state index contributed by atoms with van der Waals surface area (Å²) in [6.07, 6.45) is 1.41. The molecule has 0 fully saturated rings. The number of hydrogen-bond donors (Lipinski definition) is 1. The van der Waals surface area contributed by atoms with Gasteiger partial charge in [-0.3, -0.25) is 9.59 Å². The van der Waals surface area contributed by atoms with Crippen LogP contribution >= 0.6 is 11.6 Å². The van der Waals surface area contributed by atoms with Crippen LogP contribution in [0.5, 0.6) is 0 Å². The first-order chi connectivity index (χ1) is 13.7. The maximum atomic E-state index is 13.2. The fraction of sp³-hybridized carbons (Fsp3) is 0.417. The number of hydrogen-bond acceptors (Lipinski definition) is 2. The lowest BCUT2D eigenvalue weighted by atomic mass is 10.0. The predicted octanol–water partition coefficient (Wildman–Crippen LogP) is 4.65. The van der Waals surface area contributed by atoms with Gasteiger partial charge >= 0.3 is 0 Å². The van der Waals surface area contributed by atoms with Crippen molar-refractivity contribution in [1.29, 1.82) is 0 Å². The number of nitrogens with one attached hydrogen (secondary N) is 1. The summed E-state index contributed by atoms with van der Waals surface area (Å²) in [6.45, 7) is 8.24. The van der Waals surface area contributed by atoms with Crippen LogP contribution in [0, 0.1) is 0 Å². The van der Waals surface area contributed by atoms with Crippen molar-refractivity contribution in [2.45, 2.75) is 58.5 Å². The molecule has 2 aromatic carbocycles. The summed E-state index contributed by atoms with van der Waals surface area (Å²) >= 11 is 6.26. The largest absolute Gasteiger partial charge is 0.350 e. The smallest absolute Gasteiger partial charge is 0.243 e. The zero-order valence-corrected chi connectivity index (χ0v) is 18.5. The number of carbonyl (C=O) groups excluding carboxylic acids is 2. The monoisotopic (exact) mass is 414 g/mol. The highest BCUT2D eigenvalue weighted by molar-refractivity contribution is 6.31. The van der Waals surface area contributed by atoms with Crippen molar-refractivity contribution in [3.8, 4) is 0 Å². The quantitative estimate of drug-likeness (QED) is 0.683. The Morgan fingerprint density at radius 1 is 1.03 bits per heavy atom. The fourth-order valence-electron chi connectivity index (χ4n) is 3.26. The van der Waals surface area contributed by atoms with Crippen molar-refractivity contribution in [1.82, 2.24) is 10.2 Å². The molecular weight excluding hydrogens is 384 g/mol. The van der Waals surface area contributed by atoms with Crippen molar-refractivity contribution in [2.24, 2.45) is 0 Å². The zero-order valence-electron chi connectivity index (χ0n) is 17.7. The van der Waals surface area contributed by atoms with Gasteiger partial charge in [0, 0.05) is 17.1 Å². The normalized spacial score (nSPS) is 12.3. The van der Waals surface area contributed by atoms with E-state index in [2.05, 4.69) is 5.32 Å². The van der Waals surface area contributed by atoms with E-state index in [9.17, 15) is 9.59 Å². The maximum absolute atomic E-state index is 13.2. The van der Waals surface area contributed by atoms with Gasteiger partial charge in [-0.1, -0.05) is 67.1 Å². The number of benzene rings is 2. The summed E-state index contributed by atoms with van der Waals surface area (Å²) in [5.74, 6) is -0.217. The summed E-state index contributed by atoms with van der Waals surface area (Å²) in [4.78, 5) is 27.9. The van der Waals surface area contributed by atoms with Crippen molar-refractivity contribution in [3.05, 3.63) is 70.7 Å². The topological polar surface area (TPSA) is 49.4 Å². The van der Waals surface area contributed by atoms with Crippen LogP contribution < -0.4 is 5.32 Å². The number of rotatable bonds is 8. The second-order valence-corrected chi connectivity index (χ2v) is 8.66. The molecule has 0 aromatic heterocycles. The molecule has 0 radical (unpaired) electrons. The first-order valence-corrected chi connectivity index (χ1v) is 10.5. The Morgan fingerprint density at radius 2 is 1.66 bits per heavy atom. The van der Waals surface area contributed by atoms with E-state index in [1.165, 1.54) is 0 Å². The Bertz CT molecular complexity index is 815. The summed E-state index contributed by atoms with van der Waals surface area (Å²) in [5, 5.41) is 3.59. The van der Waals surface area contributed by atoms with E-state index < -0.39 is 6.04 Å². The van der Waals surface area contributed by atoms with Gasteiger partial charge in [-0.15, -0.1) is 0 Å².